The number of carbonyl (C=O) groups excluding carboxylic acids is 4. The monoisotopic (exact) mass is 693 g/mol. The van der Waals surface area contributed by atoms with Crippen LogP contribution in [0.4, 0.5) is 4.79 Å². The number of benzene rings is 2. The molecule has 3 atom stereocenters. The minimum Gasteiger partial charge on any atom is -0.497 e. The van der Waals surface area contributed by atoms with Gasteiger partial charge in [-0.2, -0.15) is 0 Å². The van der Waals surface area contributed by atoms with Gasteiger partial charge in [-0.15, -0.1) is 0 Å². The van der Waals surface area contributed by atoms with Gasteiger partial charge < -0.3 is 14.2 Å². The van der Waals surface area contributed by atoms with Crippen molar-refractivity contribution in [2.75, 3.05) is 27.8 Å². The Hall–Kier alpha value is -4.18. The van der Waals surface area contributed by atoms with E-state index in [4.69, 9.17) is 14.2 Å². The van der Waals surface area contributed by atoms with Crippen LogP contribution in [0.15, 0.2) is 66.2 Å². The molecule has 0 aliphatic rings. The topological polar surface area (TPSA) is 114 Å². The number of hydrogen-bond donors (Lipinski definition) is 1. The molecular weight excluding hydrogens is 634 g/mol. The number of likely N-dealkylation sites (N-methyl/N-ethyl adjacent to an activating group) is 2. The fourth-order valence-corrected chi connectivity index (χ4v) is 6.43. The number of ether oxygens (including phenoxy) is 3. The van der Waals surface area contributed by atoms with Crippen molar-refractivity contribution in [1.29, 1.82) is 0 Å². The van der Waals surface area contributed by atoms with Crippen LogP contribution in [0.5, 0.6) is 5.75 Å². The molecule has 0 radical (unpaired) electrons. The summed E-state index contributed by atoms with van der Waals surface area (Å²) in [4.78, 5) is 58.5. The summed E-state index contributed by atoms with van der Waals surface area (Å²) in [7, 11) is 4.91. The molecule has 3 amide bonds. The van der Waals surface area contributed by atoms with Crippen LogP contribution in [0.2, 0.25) is 0 Å². The van der Waals surface area contributed by atoms with Gasteiger partial charge in [0.25, 0.3) is 0 Å². The van der Waals surface area contributed by atoms with Crippen molar-refractivity contribution in [2.45, 2.75) is 111 Å². The zero-order valence-corrected chi connectivity index (χ0v) is 32.5. The standard InChI is InChI=1S/C40H59N3O7/c1-15-49-36(46)27(4)25-31(26(2)3)42(12)32(40(10,11)29-21-23-30(48-14)24-22-29)34(44)41-35(45)33(43(13)37(47)50-38(5,6)7)39(8,9)28-19-17-16-18-20-28/h16-26,31-33H,15H2,1-14H3,(H,41,44,45)/b27-25+/t31-,32+,33+/m0/s1. The van der Waals surface area contributed by atoms with E-state index in [1.807, 2.05) is 114 Å². The summed E-state index contributed by atoms with van der Waals surface area (Å²) in [5.41, 5.74) is -0.571. The number of amides is 3. The van der Waals surface area contributed by atoms with E-state index in [1.165, 1.54) is 11.9 Å². The van der Waals surface area contributed by atoms with Crippen LogP contribution in [0, 0.1) is 5.92 Å². The number of nitrogens with one attached hydrogen (secondary N) is 1. The molecule has 0 saturated heterocycles. The molecule has 0 unspecified atom stereocenters. The summed E-state index contributed by atoms with van der Waals surface area (Å²) in [6, 6.07) is 14.4. The van der Waals surface area contributed by atoms with Gasteiger partial charge in [0.1, 0.15) is 17.4 Å². The lowest BCUT2D eigenvalue weighted by Crippen LogP contribution is -2.63. The third-order valence-corrected chi connectivity index (χ3v) is 9.11. The van der Waals surface area contributed by atoms with Gasteiger partial charge in [0.2, 0.25) is 11.8 Å². The molecule has 2 aromatic carbocycles. The molecule has 276 valence electrons. The highest BCUT2D eigenvalue weighted by molar-refractivity contribution is 6.02. The van der Waals surface area contributed by atoms with Gasteiger partial charge in [-0.1, -0.05) is 90.1 Å². The Labute approximate surface area is 299 Å². The first-order chi connectivity index (χ1) is 23.1. The Morgan fingerprint density at radius 2 is 1.30 bits per heavy atom. The molecule has 0 aliphatic carbocycles. The largest absolute Gasteiger partial charge is 0.497 e. The normalized spacial score (nSPS) is 14.4. The van der Waals surface area contributed by atoms with Crippen molar-refractivity contribution in [3.63, 3.8) is 0 Å². The van der Waals surface area contributed by atoms with Crippen LogP contribution in [-0.2, 0) is 34.7 Å². The predicted molar refractivity (Wildman–Crippen MR) is 197 cm³/mol. The van der Waals surface area contributed by atoms with Gasteiger partial charge in [-0.3, -0.25) is 24.7 Å². The second-order valence-corrected chi connectivity index (χ2v) is 15.3. The fraction of sp³-hybridized carbons (Fsp3) is 0.550. The molecule has 0 aromatic heterocycles. The zero-order valence-electron chi connectivity index (χ0n) is 32.5. The van der Waals surface area contributed by atoms with Gasteiger partial charge in [0.15, 0.2) is 0 Å². The maximum absolute atomic E-state index is 14.7. The molecule has 10 nitrogen and oxygen atoms in total. The highest BCUT2D eigenvalue weighted by atomic mass is 16.6. The van der Waals surface area contributed by atoms with E-state index in [0.29, 0.717) is 11.3 Å². The van der Waals surface area contributed by atoms with E-state index < -0.39 is 58.4 Å². The van der Waals surface area contributed by atoms with Crippen LogP contribution in [-0.4, -0.2) is 85.2 Å². The molecule has 50 heavy (non-hydrogen) atoms. The van der Waals surface area contributed by atoms with Gasteiger partial charge in [-0.05, 0) is 70.8 Å². The van der Waals surface area contributed by atoms with E-state index >= 15 is 0 Å². The molecular formula is C40H59N3O7. The van der Waals surface area contributed by atoms with Crippen LogP contribution < -0.4 is 10.1 Å². The second-order valence-electron chi connectivity index (χ2n) is 15.3. The molecule has 0 fully saturated rings. The maximum atomic E-state index is 14.7. The third kappa shape index (κ3) is 10.4. The maximum Gasteiger partial charge on any atom is 0.410 e. The van der Waals surface area contributed by atoms with Crippen LogP contribution >= 0.6 is 0 Å². The lowest BCUT2D eigenvalue weighted by Gasteiger charge is -2.44. The van der Waals surface area contributed by atoms with Gasteiger partial charge in [0.05, 0.1) is 19.8 Å². The Balaban J connectivity index is 2.72. The molecule has 1 N–H and O–H groups in total. The zero-order chi connectivity index (χ0) is 38.2. The first-order valence-electron chi connectivity index (χ1n) is 17.2. The van der Waals surface area contributed by atoms with E-state index in [9.17, 15) is 19.2 Å². The first kappa shape index (κ1) is 42.0. The molecule has 0 aliphatic heterocycles. The molecule has 2 aromatic rings. The van der Waals surface area contributed by atoms with Crippen molar-refractivity contribution < 1.29 is 33.4 Å². The van der Waals surface area contributed by atoms with E-state index in [-0.39, 0.29) is 12.5 Å². The first-order valence-corrected chi connectivity index (χ1v) is 17.2. The average Bonchev–Trinajstić information content (AvgIpc) is 3.02. The van der Waals surface area contributed by atoms with Crippen molar-refractivity contribution in [2.24, 2.45) is 5.92 Å². The van der Waals surface area contributed by atoms with Crippen molar-refractivity contribution in [3.05, 3.63) is 77.4 Å². The predicted octanol–water partition coefficient (Wildman–Crippen LogP) is 6.66. The number of imide groups is 1. The summed E-state index contributed by atoms with van der Waals surface area (Å²) in [5.74, 6) is -1.02. The van der Waals surface area contributed by atoms with E-state index in [1.54, 1.807) is 41.7 Å². The minimum absolute atomic E-state index is 0.0369. The van der Waals surface area contributed by atoms with Gasteiger partial charge in [-0.25, -0.2) is 9.59 Å². The van der Waals surface area contributed by atoms with Crippen LogP contribution in [0.3, 0.4) is 0 Å². The molecule has 0 bridgehead atoms. The van der Waals surface area contributed by atoms with Crippen LogP contribution in [0.1, 0.15) is 87.3 Å². The lowest BCUT2D eigenvalue weighted by atomic mass is 9.75. The van der Waals surface area contributed by atoms with E-state index in [0.717, 1.165) is 11.1 Å². The highest BCUT2D eigenvalue weighted by Crippen LogP contribution is 2.35. The molecule has 0 heterocycles. The SMILES string of the molecule is CCOC(=O)/C(C)=C/[C@@H](C(C)C)N(C)[C@H](C(=O)NC(=O)[C@@H](N(C)C(=O)OC(C)(C)C)C(C)(C)c1ccccc1)C(C)(C)c1ccc(OC)cc1. The molecule has 0 saturated carbocycles. The van der Waals surface area contributed by atoms with Crippen LogP contribution in [0.25, 0.3) is 0 Å². The summed E-state index contributed by atoms with van der Waals surface area (Å²) < 4.78 is 16.3. The molecule has 0 spiro atoms. The number of carbonyl (C=O) groups is 4. The summed E-state index contributed by atoms with van der Waals surface area (Å²) in [6.45, 7) is 20.6. The van der Waals surface area contributed by atoms with Crippen molar-refractivity contribution in [3.8, 4) is 5.75 Å². The summed E-state index contributed by atoms with van der Waals surface area (Å²) >= 11 is 0. The second kappa shape index (κ2) is 17.2. The van der Waals surface area contributed by atoms with Gasteiger partial charge in [0, 0.05) is 29.5 Å². The number of nitrogens with zero attached hydrogens (tertiary/aromatic N) is 2. The van der Waals surface area contributed by atoms with E-state index in [2.05, 4.69) is 5.32 Å². The Morgan fingerprint density at radius 3 is 1.78 bits per heavy atom. The lowest BCUT2D eigenvalue weighted by molar-refractivity contribution is -0.139. The number of esters is 1. The minimum atomic E-state index is -1.13. The summed E-state index contributed by atoms with van der Waals surface area (Å²) in [6.07, 6.45) is 1.12. The Bertz CT molecular complexity index is 1490. The third-order valence-electron chi connectivity index (χ3n) is 9.11. The number of methoxy groups -OCH3 is 1. The smallest absolute Gasteiger partial charge is 0.410 e. The molecule has 10 heteroatoms. The van der Waals surface area contributed by atoms with Crippen molar-refractivity contribution in [1.82, 2.24) is 15.1 Å². The Kier molecular flexibility index (Phi) is 14.4. The fourth-order valence-electron chi connectivity index (χ4n) is 6.43. The molecule has 2 rings (SSSR count). The quantitative estimate of drug-likeness (QED) is 0.173. The number of hydrogen-bond acceptors (Lipinski definition) is 8. The average molecular weight is 694 g/mol. The summed E-state index contributed by atoms with van der Waals surface area (Å²) in [5, 5.41) is 2.72. The highest BCUT2D eigenvalue weighted by Gasteiger charge is 2.47. The van der Waals surface area contributed by atoms with Crippen molar-refractivity contribution >= 4 is 23.9 Å². The van der Waals surface area contributed by atoms with Gasteiger partial charge >= 0.3 is 12.1 Å². The Morgan fingerprint density at radius 1 is 0.800 bits per heavy atom. The number of rotatable bonds is 14.